The second kappa shape index (κ2) is 12.4. The summed E-state index contributed by atoms with van der Waals surface area (Å²) in [6.07, 6.45) is 1.14. The van der Waals surface area contributed by atoms with Crippen molar-refractivity contribution in [1.82, 2.24) is 15.0 Å². The molecule has 0 amide bonds. The van der Waals surface area contributed by atoms with Crippen molar-refractivity contribution in [3.63, 3.8) is 0 Å². The lowest BCUT2D eigenvalue weighted by Gasteiger charge is -2.22. The Balaban J connectivity index is 1.19. The summed E-state index contributed by atoms with van der Waals surface area (Å²) in [7, 11) is 0. The Morgan fingerprint density at radius 3 is 1.34 bits per heavy atom. The van der Waals surface area contributed by atoms with E-state index < -0.39 is 0 Å². The summed E-state index contributed by atoms with van der Waals surface area (Å²) >= 11 is 0. The third-order valence-corrected chi connectivity index (χ3v) is 11.0. The van der Waals surface area contributed by atoms with Crippen molar-refractivity contribution in [2.24, 2.45) is 0 Å². The summed E-state index contributed by atoms with van der Waals surface area (Å²) in [5.74, 6) is 1.76. The molecule has 0 atom stereocenters. The summed E-state index contributed by atoms with van der Waals surface area (Å²) in [6.45, 7) is 9.53. The van der Waals surface area contributed by atoms with Gasteiger partial charge in [0.2, 0.25) is 0 Å². The average molecular weight is 683 g/mol. The van der Waals surface area contributed by atoms with Gasteiger partial charge in [-0.05, 0) is 96.4 Å². The summed E-state index contributed by atoms with van der Waals surface area (Å²) in [6, 6.07) is 53.0. The lowest BCUT2D eigenvalue weighted by atomic mass is 9.81. The zero-order chi connectivity index (χ0) is 36.3. The number of benzene rings is 7. The Bertz CT molecular complexity index is 2680. The minimum atomic E-state index is 0.116. The highest BCUT2D eigenvalue weighted by Gasteiger charge is 2.41. The molecule has 4 heteroatoms. The summed E-state index contributed by atoms with van der Waals surface area (Å²) in [5, 5.41) is 14.3. The van der Waals surface area contributed by atoms with Crippen LogP contribution in [0.1, 0.15) is 50.8 Å². The SMILES string of the molecule is CC1(C)CC(C)(C)c2cc(-c3c4ccccc4c(-c4ccc(-c5nc(-c6ccccc6)nc(-c6ccc(C#N)cc6)n5)cc4)c4ccccc34)ccc21. The molecule has 1 heterocycles. The maximum absolute atomic E-state index is 9.34. The molecule has 0 saturated carbocycles. The van der Waals surface area contributed by atoms with Crippen molar-refractivity contribution in [1.29, 1.82) is 5.26 Å². The van der Waals surface area contributed by atoms with Crippen LogP contribution in [-0.4, -0.2) is 15.0 Å². The van der Waals surface area contributed by atoms with Crippen molar-refractivity contribution in [2.75, 3.05) is 0 Å². The van der Waals surface area contributed by atoms with E-state index in [-0.39, 0.29) is 10.8 Å². The van der Waals surface area contributed by atoms with Crippen LogP contribution in [-0.2, 0) is 10.8 Å². The van der Waals surface area contributed by atoms with E-state index >= 15 is 0 Å². The van der Waals surface area contributed by atoms with Crippen molar-refractivity contribution in [3.05, 3.63) is 162 Å². The Kier molecular flexibility index (Phi) is 7.57. The molecule has 9 rings (SSSR count). The number of aromatic nitrogens is 3. The first-order valence-electron chi connectivity index (χ1n) is 18.2. The molecule has 53 heavy (non-hydrogen) atoms. The number of hydrogen-bond donors (Lipinski definition) is 0. The van der Waals surface area contributed by atoms with Crippen molar-refractivity contribution >= 4 is 21.5 Å². The van der Waals surface area contributed by atoms with E-state index in [1.54, 1.807) is 12.1 Å². The predicted molar refractivity (Wildman–Crippen MR) is 217 cm³/mol. The largest absolute Gasteiger partial charge is 0.208 e. The number of hydrogen-bond acceptors (Lipinski definition) is 4. The van der Waals surface area contributed by atoms with Gasteiger partial charge >= 0.3 is 0 Å². The molecule has 0 aliphatic heterocycles. The molecule has 4 nitrogen and oxygen atoms in total. The monoisotopic (exact) mass is 682 g/mol. The van der Waals surface area contributed by atoms with Crippen LogP contribution in [0.3, 0.4) is 0 Å². The van der Waals surface area contributed by atoms with E-state index in [2.05, 4.69) is 125 Å². The topological polar surface area (TPSA) is 62.5 Å². The maximum atomic E-state index is 9.34. The molecule has 254 valence electrons. The third kappa shape index (κ3) is 5.57. The first-order chi connectivity index (χ1) is 25.7. The molecule has 7 aromatic carbocycles. The van der Waals surface area contributed by atoms with Gasteiger partial charge in [-0.1, -0.05) is 149 Å². The van der Waals surface area contributed by atoms with Crippen LogP contribution in [0.5, 0.6) is 0 Å². The Morgan fingerprint density at radius 2 is 0.830 bits per heavy atom. The fourth-order valence-corrected chi connectivity index (χ4v) is 8.73. The maximum Gasteiger partial charge on any atom is 0.164 e. The van der Waals surface area contributed by atoms with Gasteiger partial charge in [0.05, 0.1) is 11.6 Å². The van der Waals surface area contributed by atoms with Gasteiger partial charge in [0, 0.05) is 16.7 Å². The molecule has 0 radical (unpaired) electrons. The quantitative estimate of drug-likeness (QED) is 0.170. The van der Waals surface area contributed by atoms with Gasteiger partial charge in [0.1, 0.15) is 0 Å². The van der Waals surface area contributed by atoms with Crippen LogP contribution in [0.25, 0.3) is 78.0 Å². The van der Waals surface area contributed by atoms with Crippen LogP contribution in [0.4, 0.5) is 0 Å². The highest BCUT2D eigenvalue weighted by Crippen LogP contribution is 2.51. The molecule has 0 bridgehead atoms. The van der Waals surface area contributed by atoms with Gasteiger partial charge < -0.3 is 0 Å². The highest BCUT2D eigenvalue weighted by atomic mass is 15.0. The second-order valence-corrected chi connectivity index (χ2v) is 15.5. The lowest BCUT2D eigenvalue weighted by Crippen LogP contribution is -2.17. The Hall–Kier alpha value is -6.44. The third-order valence-electron chi connectivity index (χ3n) is 11.0. The molecule has 1 aromatic heterocycles. The summed E-state index contributed by atoms with van der Waals surface area (Å²) < 4.78 is 0. The first kappa shape index (κ1) is 32.5. The second-order valence-electron chi connectivity index (χ2n) is 15.5. The van der Waals surface area contributed by atoms with Gasteiger partial charge in [-0.15, -0.1) is 0 Å². The molecule has 0 spiro atoms. The zero-order valence-corrected chi connectivity index (χ0v) is 30.4. The normalized spacial score (nSPS) is 14.2. The molecule has 1 aliphatic rings. The zero-order valence-electron chi connectivity index (χ0n) is 30.4. The minimum Gasteiger partial charge on any atom is -0.208 e. The van der Waals surface area contributed by atoms with Crippen LogP contribution in [0, 0.1) is 11.3 Å². The highest BCUT2D eigenvalue weighted by molar-refractivity contribution is 6.21. The van der Waals surface area contributed by atoms with Gasteiger partial charge in [0.25, 0.3) is 0 Å². The molecule has 0 unspecified atom stereocenters. The molecular weight excluding hydrogens is 645 g/mol. The van der Waals surface area contributed by atoms with E-state index in [0.29, 0.717) is 23.0 Å². The Morgan fingerprint density at radius 1 is 0.434 bits per heavy atom. The molecule has 1 aliphatic carbocycles. The van der Waals surface area contributed by atoms with Gasteiger partial charge in [-0.3, -0.25) is 0 Å². The van der Waals surface area contributed by atoms with Crippen LogP contribution in [0.2, 0.25) is 0 Å². The van der Waals surface area contributed by atoms with Crippen molar-refractivity contribution in [2.45, 2.75) is 44.9 Å². The average Bonchev–Trinajstić information content (AvgIpc) is 3.39. The van der Waals surface area contributed by atoms with E-state index in [4.69, 9.17) is 15.0 Å². The van der Waals surface area contributed by atoms with Gasteiger partial charge in [-0.2, -0.15) is 5.26 Å². The summed E-state index contributed by atoms with van der Waals surface area (Å²) in [5.41, 5.74) is 11.3. The molecule has 0 N–H and O–H groups in total. The van der Waals surface area contributed by atoms with Gasteiger partial charge in [-0.25, -0.2) is 15.0 Å². The van der Waals surface area contributed by atoms with E-state index in [0.717, 1.165) is 28.7 Å². The molecule has 0 saturated heterocycles. The molecule has 0 fully saturated rings. The van der Waals surface area contributed by atoms with E-state index in [1.807, 2.05) is 42.5 Å². The van der Waals surface area contributed by atoms with Gasteiger partial charge in [0.15, 0.2) is 17.5 Å². The molecular formula is C49H38N4. The first-order valence-corrected chi connectivity index (χ1v) is 18.2. The number of nitriles is 1. The molecule has 8 aromatic rings. The van der Waals surface area contributed by atoms with Crippen LogP contribution >= 0.6 is 0 Å². The minimum absolute atomic E-state index is 0.116. The summed E-state index contributed by atoms with van der Waals surface area (Å²) in [4.78, 5) is 14.7. The van der Waals surface area contributed by atoms with Crippen molar-refractivity contribution < 1.29 is 0 Å². The van der Waals surface area contributed by atoms with E-state index in [9.17, 15) is 5.26 Å². The van der Waals surface area contributed by atoms with Crippen LogP contribution in [0.15, 0.2) is 146 Å². The number of fused-ring (bicyclic) bond motifs is 3. The van der Waals surface area contributed by atoms with E-state index in [1.165, 1.54) is 49.4 Å². The fraction of sp³-hybridized carbons (Fsp3) is 0.143. The lowest BCUT2D eigenvalue weighted by molar-refractivity contribution is 0.403. The van der Waals surface area contributed by atoms with Crippen molar-refractivity contribution in [3.8, 4) is 62.5 Å². The fourth-order valence-electron chi connectivity index (χ4n) is 8.73. The number of nitrogens with zero attached hydrogens (tertiary/aromatic N) is 4. The van der Waals surface area contributed by atoms with Crippen LogP contribution < -0.4 is 0 Å². The number of rotatable bonds is 5. The predicted octanol–water partition coefficient (Wildman–Crippen LogP) is 12.3. The smallest absolute Gasteiger partial charge is 0.164 e. The Labute approximate surface area is 310 Å². The standard InChI is InChI=1S/C49H38N4/c1-48(2)30-49(3,4)42-28-36(26-27-41(42)48)44-39-16-10-8-14-37(39)43(38-15-9-11-17-40(38)44)32-22-24-35(25-23-32)47-52-45(33-12-6-5-7-13-33)51-46(53-47)34-20-18-31(29-50)19-21-34/h5-28H,30H2,1-4H3.